The Morgan fingerprint density at radius 1 is 1.22 bits per heavy atom. The Labute approximate surface area is 140 Å². The van der Waals surface area contributed by atoms with Gasteiger partial charge in [0.25, 0.3) is 5.56 Å². The number of H-pyrrole nitrogens is 1. The van der Waals surface area contributed by atoms with Crippen LogP contribution in [-0.2, 0) is 13.0 Å². The smallest absolute Gasteiger partial charge is 0.277 e. The predicted molar refractivity (Wildman–Crippen MR) is 92.3 cm³/mol. The second-order valence-corrected chi connectivity index (χ2v) is 5.95. The molecule has 3 heterocycles. The van der Waals surface area contributed by atoms with Crippen LogP contribution in [0.15, 0.2) is 35.1 Å². The van der Waals surface area contributed by atoms with Crippen molar-refractivity contribution in [3.8, 4) is 0 Å². The number of nitrogens with zero attached hydrogens (tertiary/aromatic N) is 2. The van der Waals surface area contributed by atoms with Crippen molar-refractivity contribution in [2.45, 2.75) is 32.9 Å². The topological polar surface area (TPSA) is 62.2 Å². The van der Waals surface area contributed by atoms with Gasteiger partial charge in [0, 0.05) is 23.9 Å². The molecule has 4 rings (SSSR count). The van der Waals surface area contributed by atoms with Crippen molar-refractivity contribution in [3.05, 3.63) is 68.8 Å². The molecule has 6 heteroatoms. The van der Waals surface area contributed by atoms with E-state index < -0.39 is 0 Å². The summed E-state index contributed by atoms with van der Waals surface area (Å²) in [6.45, 7) is 4.57. The van der Waals surface area contributed by atoms with Crippen LogP contribution in [0.4, 0.5) is 0 Å². The van der Waals surface area contributed by atoms with E-state index in [0.717, 1.165) is 30.0 Å². The summed E-state index contributed by atoms with van der Waals surface area (Å²) in [6, 6.07) is 10.6. The molecule has 1 atom stereocenters. The summed E-state index contributed by atoms with van der Waals surface area (Å²) in [6.07, 6.45) is 0.895. The van der Waals surface area contributed by atoms with E-state index >= 15 is 0 Å². The SMILES string of the molecule is Cc1[nH]c2cc(C3Cc4ccccc4CN3)nn2c(=O)c1C.Cl. The normalized spacial score (nSPS) is 16.9. The van der Waals surface area contributed by atoms with Crippen LogP contribution in [-0.4, -0.2) is 14.6 Å². The molecule has 0 saturated carbocycles. The average molecular weight is 331 g/mol. The third-order valence-corrected chi connectivity index (χ3v) is 4.56. The standard InChI is InChI=1S/C17H18N4O.ClH/c1-10-11(2)19-16-8-15(20-21(16)17(10)22)14-7-12-5-3-4-6-13(12)9-18-14;/h3-6,8,14,18-19H,7,9H2,1-2H3;1H. The van der Waals surface area contributed by atoms with Gasteiger partial charge in [-0.2, -0.15) is 9.61 Å². The molecule has 2 aromatic heterocycles. The van der Waals surface area contributed by atoms with Crippen molar-refractivity contribution < 1.29 is 0 Å². The number of halogens is 1. The van der Waals surface area contributed by atoms with Crippen molar-refractivity contribution in [2.24, 2.45) is 0 Å². The molecular weight excluding hydrogens is 312 g/mol. The summed E-state index contributed by atoms with van der Waals surface area (Å²) in [4.78, 5) is 15.6. The maximum absolute atomic E-state index is 12.3. The lowest BCUT2D eigenvalue weighted by Crippen LogP contribution is -2.29. The quantitative estimate of drug-likeness (QED) is 0.720. The minimum atomic E-state index is -0.0475. The minimum Gasteiger partial charge on any atom is -0.343 e. The number of aromatic nitrogens is 3. The molecule has 1 aliphatic heterocycles. The molecule has 1 unspecified atom stereocenters. The first-order valence-corrected chi connectivity index (χ1v) is 7.53. The monoisotopic (exact) mass is 330 g/mol. The Balaban J connectivity index is 0.00000156. The van der Waals surface area contributed by atoms with Crippen LogP contribution in [0.25, 0.3) is 5.65 Å². The van der Waals surface area contributed by atoms with Gasteiger partial charge in [0.15, 0.2) is 0 Å². The first-order chi connectivity index (χ1) is 10.6. The van der Waals surface area contributed by atoms with Crippen molar-refractivity contribution >= 4 is 18.1 Å². The van der Waals surface area contributed by atoms with Gasteiger partial charge in [0.05, 0.1) is 11.7 Å². The van der Waals surface area contributed by atoms with Gasteiger partial charge in [-0.3, -0.25) is 4.79 Å². The maximum atomic E-state index is 12.3. The Bertz CT molecular complexity index is 928. The highest BCUT2D eigenvalue weighted by molar-refractivity contribution is 5.85. The van der Waals surface area contributed by atoms with Gasteiger partial charge in [-0.25, -0.2) is 0 Å². The van der Waals surface area contributed by atoms with E-state index in [9.17, 15) is 4.79 Å². The first kappa shape index (κ1) is 15.8. The molecule has 0 radical (unpaired) electrons. The Morgan fingerprint density at radius 3 is 2.74 bits per heavy atom. The van der Waals surface area contributed by atoms with Gasteiger partial charge in [0.1, 0.15) is 5.65 Å². The molecule has 5 nitrogen and oxygen atoms in total. The summed E-state index contributed by atoms with van der Waals surface area (Å²) < 4.78 is 1.47. The highest BCUT2D eigenvalue weighted by Crippen LogP contribution is 2.25. The van der Waals surface area contributed by atoms with E-state index in [4.69, 9.17) is 0 Å². The van der Waals surface area contributed by atoms with Crippen LogP contribution in [0.2, 0.25) is 0 Å². The molecule has 2 N–H and O–H groups in total. The van der Waals surface area contributed by atoms with Gasteiger partial charge in [-0.1, -0.05) is 24.3 Å². The number of hydrogen-bond acceptors (Lipinski definition) is 3. The minimum absolute atomic E-state index is 0. The number of benzene rings is 1. The predicted octanol–water partition coefficient (Wildman–Crippen LogP) is 2.45. The maximum Gasteiger partial charge on any atom is 0.277 e. The zero-order valence-corrected chi connectivity index (χ0v) is 13.9. The van der Waals surface area contributed by atoms with Crippen LogP contribution in [0.1, 0.15) is 34.1 Å². The Kier molecular flexibility index (Phi) is 4.00. The summed E-state index contributed by atoms with van der Waals surface area (Å²) in [7, 11) is 0. The van der Waals surface area contributed by atoms with Crippen molar-refractivity contribution in [2.75, 3.05) is 0 Å². The lowest BCUT2D eigenvalue weighted by molar-refractivity contribution is 0.485. The number of rotatable bonds is 1. The fraction of sp³-hybridized carbons (Fsp3) is 0.294. The van der Waals surface area contributed by atoms with E-state index in [1.165, 1.54) is 15.6 Å². The van der Waals surface area contributed by atoms with Crippen LogP contribution >= 0.6 is 12.4 Å². The number of fused-ring (bicyclic) bond motifs is 2. The highest BCUT2D eigenvalue weighted by atomic mass is 35.5. The van der Waals surface area contributed by atoms with Crippen LogP contribution in [0.5, 0.6) is 0 Å². The molecule has 120 valence electrons. The average Bonchev–Trinajstić information content (AvgIpc) is 2.96. The molecule has 1 aliphatic rings. The van der Waals surface area contributed by atoms with E-state index in [2.05, 4.69) is 39.7 Å². The molecular formula is C17H19ClN4O. The molecule has 0 amide bonds. The second kappa shape index (κ2) is 5.83. The number of aryl methyl sites for hydroxylation is 1. The third kappa shape index (κ3) is 2.56. The molecule has 23 heavy (non-hydrogen) atoms. The van der Waals surface area contributed by atoms with Crippen molar-refractivity contribution in [3.63, 3.8) is 0 Å². The molecule has 0 bridgehead atoms. The van der Waals surface area contributed by atoms with Gasteiger partial charge >= 0.3 is 0 Å². The van der Waals surface area contributed by atoms with E-state index in [0.29, 0.717) is 5.56 Å². The molecule has 1 aromatic carbocycles. The van der Waals surface area contributed by atoms with E-state index in [1.54, 1.807) is 0 Å². The summed E-state index contributed by atoms with van der Waals surface area (Å²) in [5, 5.41) is 8.03. The summed E-state index contributed by atoms with van der Waals surface area (Å²) >= 11 is 0. The molecule has 0 fully saturated rings. The molecule has 3 aromatic rings. The number of aromatic amines is 1. The number of nitrogens with one attached hydrogen (secondary N) is 2. The lowest BCUT2D eigenvalue weighted by Gasteiger charge is -2.24. The second-order valence-electron chi connectivity index (χ2n) is 5.95. The van der Waals surface area contributed by atoms with Gasteiger partial charge in [-0.05, 0) is 31.4 Å². The zero-order valence-electron chi connectivity index (χ0n) is 13.1. The number of hydrogen-bond donors (Lipinski definition) is 2. The summed E-state index contributed by atoms with van der Waals surface area (Å²) in [5.74, 6) is 0. The fourth-order valence-corrected chi connectivity index (χ4v) is 3.08. The first-order valence-electron chi connectivity index (χ1n) is 7.53. The largest absolute Gasteiger partial charge is 0.343 e. The van der Waals surface area contributed by atoms with Gasteiger partial charge < -0.3 is 10.3 Å². The Morgan fingerprint density at radius 2 is 1.96 bits per heavy atom. The van der Waals surface area contributed by atoms with Gasteiger partial charge in [0.2, 0.25) is 0 Å². The van der Waals surface area contributed by atoms with Crippen molar-refractivity contribution in [1.82, 2.24) is 19.9 Å². The third-order valence-electron chi connectivity index (χ3n) is 4.56. The van der Waals surface area contributed by atoms with Crippen LogP contribution in [0, 0.1) is 13.8 Å². The highest BCUT2D eigenvalue weighted by Gasteiger charge is 2.22. The molecule has 0 aliphatic carbocycles. The van der Waals surface area contributed by atoms with E-state index in [1.807, 2.05) is 19.9 Å². The molecule has 0 spiro atoms. The fourth-order valence-electron chi connectivity index (χ4n) is 3.08. The lowest BCUT2D eigenvalue weighted by atomic mass is 9.94. The van der Waals surface area contributed by atoms with E-state index in [-0.39, 0.29) is 24.0 Å². The molecule has 0 saturated heterocycles. The Hall–Kier alpha value is -2.11. The van der Waals surface area contributed by atoms with Crippen LogP contribution in [0.3, 0.4) is 0 Å². The van der Waals surface area contributed by atoms with Crippen LogP contribution < -0.4 is 10.9 Å². The van der Waals surface area contributed by atoms with Crippen molar-refractivity contribution in [1.29, 1.82) is 0 Å². The zero-order chi connectivity index (χ0) is 15.3. The van der Waals surface area contributed by atoms with Gasteiger partial charge in [-0.15, -0.1) is 12.4 Å². The summed E-state index contributed by atoms with van der Waals surface area (Å²) in [5.41, 5.74) is 5.91.